The molecular weight excluding hydrogens is 502 g/mol. The number of nitrogens with one attached hydrogen (secondary N) is 1. The van der Waals surface area contributed by atoms with Crippen molar-refractivity contribution in [2.24, 2.45) is 5.73 Å². The Morgan fingerprint density at radius 3 is 2.68 bits per heavy atom. The van der Waals surface area contributed by atoms with Crippen LogP contribution in [0, 0.1) is 5.82 Å². The third kappa shape index (κ3) is 6.17. The molecule has 2 aromatic rings. The van der Waals surface area contributed by atoms with Gasteiger partial charge in [0.2, 0.25) is 5.91 Å². The smallest absolute Gasteiger partial charge is 0.444 e. The number of ether oxygens (including phenoxy) is 3. The second kappa shape index (κ2) is 10.7. The van der Waals surface area contributed by atoms with E-state index in [-0.39, 0.29) is 31.6 Å². The van der Waals surface area contributed by atoms with Crippen molar-refractivity contribution in [3.8, 4) is 5.75 Å². The zero-order valence-electron chi connectivity index (χ0n) is 19.3. The van der Waals surface area contributed by atoms with E-state index in [9.17, 15) is 31.9 Å². The van der Waals surface area contributed by atoms with Gasteiger partial charge in [0.25, 0.3) is 0 Å². The maximum Gasteiger partial charge on any atom is 0.573 e. The summed E-state index contributed by atoms with van der Waals surface area (Å²) in [6, 6.07) is 6.92. The standard InChI is InChI=1S/C24H23F4N3O6/c25-18-6-5-15(37-24(26,27)28)9-19(18)30-23(34)36-11-13-3-4-14-10-31(20(21(29)33)2-1-7-32)22-17(12-35-22)16(14)8-13/h3-9,17,20,22H,1-2,10-12H2,(H2,29,33)(H,30,34). The Bertz CT molecular complexity index is 1190. The van der Waals surface area contributed by atoms with Crippen LogP contribution in [-0.4, -0.2) is 48.4 Å². The van der Waals surface area contributed by atoms with E-state index < -0.39 is 41.7 Å². The second-order valence-corrected chi connectivity index (χ2v) is 8.59. The molecule has 2 aromatic carbocycles. The number of nitrogens with zero attached hydrogens (tertiary/aromatic N) is 1. The van der Waals surface area contributed by atoms with Gasteiger partial charge in [-0.1, -0.05) is 18.2 Å². The summed E-state index contributed by atoms with van der Waals surface area (Å²) >= 11 is 0. The number of carbonyl (C=O) groups excluding carboxylic acids is 3. The Morgan fingerprint density at radius 1 is 1.24 bits per heavy atom. The first-order valence-electron chi connectivity index (χ1n) is 11.3. The molecule has 3 N–H and O–H groups in total. The van der Waals surface area contributed by atoms with Crippen LogP contribution >= 0.6 is 0 Å². The largest absolute Gasteiger partial charge is 0.573 e. The van der Waals surface area contributed by atoms with E-state index in [4.69, 9.17) is 15.2 Å². The molecule has 0 bridgehead atoms. The Kier molecular flexibility index (Phi) is 7.64. The number of carbonyl (C=O) groups is 3. The van der Waals surface area contributed by atoms with Crippen LogP contribution in [0.1, 0.15) is 35.4 Å². The minimum Gasteiger partial charge on any atom is -0.444 e. The van der Waals surface area contributed by atoms with Gasteiger partial charge in [-0.15, -0.1) is 13.2 Å². The number of aldehydes is 1. The van der Waals surface area contributed by atoms with Crippen LogP contribution in [0.3, 0.4) is 0 Å². The number of rotatable bonds is 9. The fourth-order valence-electron chi connectivity index (χ4n) is 4.44. The molecule has 9 nitrogen and oxygen atoms in total. The van der Waals surface area contributed by atoms with E-state index in [1.807, 2.05) is 17.0 Å². The first kappa shape index (κ1) is 26.4. The molecule has 0 saturated carbocycles. The van der Waals surface area contributed by atoms with E-state index in [2.05, 4.69) is 10.1 Å². The van der Waals surface area contributed by atoms with E-state index in [0.717, 1.165) is 29.5 Å². The highest BCUT2D eigenvalue weighted by molar-refractivity contribution is 5.85. The fourth-order valence-corrected chi connectivity index (χ4v) is 4.44. The minimum atomic E-state index is -4.97. The van der Waals surface area contributed by atoms with Gasteiger partial charge in [-0.05, 0) is 35.2 Å². The van der Waals surface area contributed by atoms with Crippen LogP contribution in [-0.2, 0) is 32.2 Å². The predicted molar refractivity (Wildman–Crippen MR) is 120 cm³/mol. The van der Waals surface area contributed by atoms with Gasteiger partial charge in [0.15, 0.2) is 0 Å². The number of hydrogen-bond acceptors (Lipinski definition) is 7. The summed E-state index contributed by atoms with van der Waals surface area (Å²) in [6.07, 6.45) is -5.22. The van der Waals surface area contributed by atoms with Crippen molar-refractivity contribution in [2.75, 3.05) is 11.9 Å². The number of alkyl halides is 3. The Morgan fingerprint density at radius 2 is 2.03 bits per heavy atom. The van der Waals surface area contributed by atoms with Crippen molar-refractivity contribution >= 4 is 24.0 Å². The van der Waals surface area contributed by atoms with E-state index in [1.165, 1.54) is 0 Å². The van der Waals surface area contributed by atoms with E-state index in [0.29, 0.717) is 24.8 Å². The minimum absolute atomic E-state index is 0.0546. The van der Waals surface area contributed by atoms with Gasteiger partial charge in [-0.2, -0.15) is 0 Å². The zero-order valence-corrected chi connectivity index (χ0v) is 19.3. The molecule has 2 aliphatic heterocycles. The molecule has 0 aromatic heterocycles. The topological polar surface area (TPSA) is 120 Å². The van der Waals surface area contributed by atoms with Gasteiger partial charge in [-0.3, -0.25) is 15.0 Å². The van der Waals surface area contributed by atoms with Crippen molar-refractivity contribution in [3.63, 3.8) is 0 Å². The van der Waals surface area contributed by atoms with Crippen LogP contribution in [0.5, 0.6) is 5.75 Å². The van der Waals surface area contributed by atoms with Gasteiger partial charge in [0.1, 0.15) is 30.7 Å². The van der Waals surface area contributed by atoms with Crippen LogP contribution in [0.4, 0.5) is 28.0 Å². The van der Waals surface area contributed by atoms with Crippen molar-refractivity contribution in [3.05, 3.63) is 58.9 Å². The summed E-state index contributed by atoms with van der Waals surface area (Å²) in [5.74, 6) is -2.26. The third-order valence-corrected chi connectivity index (χ3v) is 6.15. The SMILES string of the molecule is NC(=O)C(CCC=O)N1Cc2ccc(COC(=O)Nc3cc(OC(F)(F)F)ccc3F)cc2C2COC21. The number of hydrogen-bond donors (Lipinski definition) is 2. The normalized spacial score (nSPS) is 19.6. The summed E-state index contributed by atoms with van der Waals surface area (Å²) in [7, 11) is 0. The number of halogens is 4. The lowest BCUT2D eigenvalue weighted by Crippen LogP contribution is -2.59. The molecule has 37 heavy (non-hydrogen) atoms. The molecule has 4 rings (SSSR count). The molecule has 3 atom stereocenters. The average molecular weight is 525 g/mol. The Labute approximate surface area is 208 Å². The van der Waals surface area contributed by atoms with Crippen molar-refractivity contribution in [1.29, 1.82) is 0 Å². The van der Waals surface area contributed by atoms with Crippen LogP contribution < -0.4 is 15.8 Å². The summed E-state index contributed by atoms with van der Waals surface area (Å²) in [5, 5.41) is 2.06. The van der Waals surface area contributed by atoms with Crippen molar-refractivity contribution in [2.45, 2.75) is 50.5 Å². The molecule has 13 heteroatoms. The molecule has 1 saturated heterocycles. The number of primary amides is 1. The lowest BCUT2D eigenvalue weighted by atomic mass is 9.83. The van der Waals surface area contributed by atoms with Gasteiger partial charge in [-0.25, -0.2) is 9.18 Å². The molecule has 2 heterocycles. The molecular formula is C24H23F4N3O6. The number of fused-ring (bicyclic) bond motifs is 3. The van der Waals surface area contributed by atoms with E-state index in [1.54, 1.807) is 6.07 Å². The average Bonchev–Trinajstić information content (AvgIpc) is 2.79. The molecule has 1 fully saturated rings. The lowest BCUT2D eigenvalue weighted by molar-refractivity contribution is -0.274. The Balaban J connectivity index is 1.40. The van der Waals surface area contributed by atoms with Gasteiger partial charge < -0.3 is 24.7 Å². The molecule has 2 aliphatic rings. The lowest BCUT2D eigenvalue weighted by Gasteiger charge is -2.50. The zero-order chi connectivity index (χ0) is 26.7. The predicted octanol–water partition coefficient (Wildman–Crippen LogP) is 3.56. The first-order valence-corrected chi connectivity index (χ1v) is 11.3. The number of benzene rings is 2. The first-order chi connectivity index (χ1) is 17.6. The summed E-state index contributed by atoms with van der Waals surface area (Å²) < 4.78 is 65.7. The van der Waals surface area contributed by atoms with Crippen LogP contribution in [0.25, 0.3) is 0 Å². The number of anilines is 1. The van der Waals surface area contributed by atoms with E-state index >= 15 is 0 Å². The van der Waals surface area contributed by atoms with Gasteiger partial charge >= 0.3 is 12.5 Å². The maximum absolute atomic E-state index is 13.9. The number of amides is 2. The van der Waals surface area contributed by atoms with Gasteiger partial charge in [0, 0.05) is 24.9 Å². The van der Waals surface area contributed by atoms with Crippen molar-refractivity contribution in [1.82, 2.24) is 4.90 Å². The van der Waals surface area contributed by atoms with Crippen LogP contribution in [0.2, 0.25) is 0 Å². The fraction of sp³-hybridized carbons (Fsp3) is 0.375. The maximum atomic E-state index is 13.9. The summed E-state index contributed by atoms with van der Waals surface area (Å²) in [6.45, 7) is 0.596. The second-order valence-electron chi connectivity index (χ2n) is 8.59. The highest BCUT2D eigenvalue weighted by atomic mass is 19.4. The molecule has 0 spiro atoms. The molecule has 0 radical (unpaired) electrons. The van der Waals surface area contributed by atoms with Crippen LogP contribution in [0.15, 0.2) is 36.4 Å². The Hall–Kier alpha value is -3.71. The quantitative estimate of drug-likeness (QED) is 0.380. The number of nitrogens with two attached hydrogens (primary N) is 1. The summed E-state index contributed by atoms with van der Waals surface area (Å²) in [4.78, 5) is 36.8. The molecule has 0 aliphatic carbocycles. The highest BCUT2D eigenvalue weighted by Gasteiger charge is 2.46. The molecule has 3 unspecified atom stereocenters. The third-order valence-electron chi connectivity index (χ3n) is 6.15. The molecule has 2 amide bonds. The molecule has 198 valence electrons. The van der Waals surface area contributed by atoms with Crippen molar-refractivity contribution < 1.29 is 46.2 Å². The highest BCUT2D eigenvalue weighted by Crippen LogP contribution is 2.42. The van der Waals surface area contributed by atoms with Gasteiger partial charge in [0.05, 0.1) is 18.3 Å². The monoisotopic (exact) mass is 525 g/mol. The summed E-state index contributed by atoms with van der Waals surface area (Å²) in [5.41, 5.74) is 7.53.